The lowest BCUT2D eigenvalue weighted by molar-refractivity contribution is 0.319. The lowest BCUT2D eigenvalue weighted by Gasteiger charge is -2.18. The molecule has 0 heterocycles. The van der Waals surface area contributed by atoms with Crippen LogP contribution in [0, 0.1) is 5.41 Å². The highest BCUT2D eigenvalue weighted by Crippen LogP contribution is 2.20. The largest absolute Gasteiger partial charge is 0.496 e. The molecule has 3 N–H and O–H groups in total. The van der Waals surface area contributed by atoms with Gasteiger partial charge in [0.2, 0.25) is 0 Å². The number of ether oxygens (including phenoxy) is 1. The predicted molar refractivity (Wildman–Crippen MR) is 85.6 cm³/mol. The number of nitrogens with one attached hydrogen (secondary N) is 1. The van der Waals surface area contributed by atoms with Crippen molar-refractivity contribution >= 4 is 5.84 Å². The zero-order valence-corrected chi connectivity index (χ0v) is 12.5. The summed E-state index contributed by atoms with van der Waals surface area (Å²) in [6.07, 6.45) is 0. The molecule has 2 rings (SSSR count). The molecule has 0 saturated carbocycles. The molecule has 0 radical (unpaired) electrons. The van der Waals surface area contributed by atoms with Crippen LogP contribution in [0.1, 0.15) is 16.7 Å². The Morgan fingerprint density at radius 3 is 2.38 bits per heavy atom. The van der Waals surface area contributed by atoms with Crippen LogP contribution in [0.25, 0.3) is 0 Å². The van der Waals surface area contributed by atoms with E-state index in [0.29, 0.717) is 11.3 Å². The van der Waals surface area contributed by atoms with Crippen molar-refractivity contribution in [2.45, 2.75) is 13.1 Å². The van der Waals surface area contributed by atoms with Gasteiger partial charge >= 0.3 is 0 Å². The maximum Gasteiger partial charge on any atom is 0.129 e. The fraction of sp³-hybridized carbons (Fsp3) is 0.235. The fourth-order valence-corrected chi connectivity index (χ4v) is 2.33. The van der Waals surface area contributed by atoms with Crippen molar-refractivity contribution in [3.8, 4) is 5.75 Å². The summed E-state index contributed by atoms with van der Waals surface area (Å²) in [6, 6.07) is 16.1. The van der Waals surface area contributed by atoms with Crippen molar-refractivity contribution in [3.63, 3.8) is 0 Å². The van der Waals surface area contributed by atoms with Crippen molar-refractivity contribution in [1.29, 1.82) is 5.41 Å². The number of benzene rings is 2. The van der Waals surface area contributed by atoms with Crippen LogP contribution in [-0.2, 0) is 13.1 Å². The molecule has 0 aliphatic heterocycles. The van der Waals surface area contributed by atoms with Crippen molar-refractivity contribution in [2.24, 2.45) is 5.73 Å². The summed E-state index contributed by atoms with van der Waals surface area (Å²) < 4.78 is 5.23. The van der Waals surface area contributed by atoms with Gasteiger partial charge in [0, 0.05) is 13.1 Å². The molecule has 110 valence electrons. The second-order valence-corrected chi connectivity index (χ2v) is 5.11. The lowest BCUT2D eigenvalue weighted by Crippen LogP contribution is -2.18. The highest BCUT2D eigenvalue weighted by atomic mass is 16.5. The van der Waals surface area contributed by atoms with Crippen LogP contribution in [0.4, 0.5) is 0 Å². The smallest absolute Gasteiger partial charge is 0.129 e. The summed E-state index contributed by atoms with van der Waals surface area (Å²) in [5.74, 6) is 0.663. The van der Waals surface area contributed by atoms with E-state index in [1.54, 1.807) is 7.11 Å². The van der Waals surface area contributed by atoms with Crippen LogP contribution in [0.15, 0.2) is 48.5 Å². The molecule has 2 aromatic rings. The third kappa shape index (κ3) is 4.07. The van der Waals surface area contributed by atoms with Crippen molar-refractivity contribution in [2.75, 3.05) is 14.2 Å². The van der Waals surface area contributed by atoms with Crippen LogP contribution >= 0.6 is 0 Å². The third-order valence-electron chi connectivity index (χ3n) is 3.30. The Morgan fingerprint density at radius 2 is 1.76 bits per heavy atom. The van der Waals surface area contributed by atoms with Crippen LogP contribution < -0.4 is 10.5 Å². The van der Waals surface area contributed by atoms with Crippen molar-refractivity contribution in [3.05, 3.63) is 65.2 Å². The number of methoxy groups -OCH3 is 1. The Kier molecular flexibility index (Phi) is 4.95. The normalized spacial score (nSPS) is 10.6. The van der Waals surface area contributed by atoms with Gasteiger partial charge in [0.15, 0.2) is 0 Å². The van der Waals surface area contributed by atoms with Gasteiger partial charge in [-0.15, -0.1) is 0 Å². The zero-order valence-electron chi connectivity index (χ0n) is 12.5. The van der Waals surface area contributed by atoms with Gasteiger partial charge < -0.3 is 10.5 Å². The summed E-state index contributed by atoms with van der Waals surface area (Å²) in [5, 5.41) is 7.62. The maximum atomic E-state index is 7.62. The lowest BCUT2D eigenvalue weighted by atomic mass is 10.1. The van der Waals surface area contributed by atoms with E-state index in [0.717, 1.165) is 18.7 Å². The van der Waals surface area contributed by atoms with E-state index < -0.39 is 0 Å². The summed E-state index contributed by atoms with van der Waals surface area (Å²) in [7, 11) is 3.66. The molecule has 0 amide bonds. The maximum absolute atomic E-state index is 7.62. The highest BCUT2D eigenvalue weighted by molar-refractivity contribution is 5.97. The van der Waals surface area contributed by atoms with Gasteiger partial charge in [-0.25, -0.2) is 0 Å². The molecular formula is C17H21N3O. The third-order valence-corrected chi connectivity index (χ3v) is 3.30. The Hall–Kier alpha value is -2.33. The molecule has 0 aliphatic carbocycles. The average molecular weight is 283 g/mol. The molecule has 0 spiro atoms. The van der Waals surface area contributed by atoms with E-state index in [2.05, 4.69) is 24.1 Å². The molecule has 0 aliphatic rings. The molecule has 21 heavy (non-hydrogen) atoms. The van der Waals surface area contributed by atoms with E-state index in [9.17, 15) is 0 Å². The van der Waals surface area contributed by atoms with Gasteiger partial charge in [-0.3, -0.25) is 10.3 Å². The molecule has 0 atom stereocenters. The molecular weight excluding hydrogens is 262 g/mol. The fourth-order valence-electron chi connectivity index (χ4n) is 2.33. The minimum atomic E-state index is 0.0272. The molecule has 4 heteroatoms. The topological polar surface area (TPSA) is 62.3 Å². The zero-order chi connectivity index (χ0) is 15.2. The standard InChI is InChI=1S/C17H21N3O/c1-20(11-13-6-4-3-5-7-13)12-14-8-9-16(21-2)15(10-14)17(18)19/h3-10H,11-12H2,1-2H3,(H3,18,19). The quantitative estimate of drug-likeness (QED) is 0.633. The molecule has 4 nitrogen and oxygen atoms in total. The Morgan fingerprint density at radius 1 is 1.10 bits per heavy atom. The predicted octanol–water partition coefficient (Wildman–Crippen LogP) is 2.61. The van der Waals surface area contributed by atoms with Crippen molar-refractivity contribution in [1.82, 2.24) is 4.90 Å². The molecule has 0 fully saturated rings. The first-order chi connectivity index (χ1) is 10.1. The number of hydrogen-bond donors (Lipinski definition) is 2. The molecule has 0 saturated heterocycles. The van der Waals surface area contributed by atoms with E-state index in [-0.39, 0.29) is 5.84 Å². The van der Waals surface area contributed by atoms with Crippen molar-refractivity contribution < 1.29 is 4.74 Å². The number of nitrogen functional groups attached to an aromatic ring is 1. The molecule has 0 unspecified atom stereocenters. The number of amidine groups is 1. The number of nitrogens with two attached hydrogens (primary N) is 1. The van der Waals surface area contributed by atoms with E-state index >= 15 is 0 Å². The van der Waals surface area contributed by atoms with Gasteiger partial charge in [0.1, 0.15) is 11.6 Å². The second-order valence-electron chi connectivity index (χ2n) is 5.11. The molecule has 2 aromatic carbocycles. The average Bonchev–Trinajstić information content (AvgIpc) is 2.48. The Balaban J connectivity index is 2.09. The number of hydrogen-bond acceptors (Lipinski definition) is 3. The Labute approximate surface area is 125 Å². The van der Waals surface area contributed by atoms with E-state index in [1.165, 1.54) is 5.56 Å². The first-order valence-electron chi connectivity index (χ1n) is 6.84. The first-order valence-corrected chi connectivity index (χ1v) is 6.84. The van der Waals surface area contributed by atoms with Gasteiger partial charge in [-0.05, 0) is 30.3 Å². The van der Waals surface area contributed by atoms with Crippen LogP contribution in [0.3, 0.4) is 0 Å². The minimum Gasteiger partial charge on any atom is -0.496 e. The summed E-state index contributed by atoms with van der Waals surface area (Å²) in [5.41, 5.74) is 8.63. The molecule has 0 bridgehead atoms. The summed E-state index contributed by atoms with van der Waals surface area (Å²) in [6.45, 7) is 1.67. The minimum absolute atomic E-state index is 0.0272. The number of nitrogens with zero attached hydrogens (tertiary/aromatic N) is 1. The van der Waals surface area contributed by atoms with E-state index in [4.69, 9.17) is 15.9 Å². The van der Waals surface area contributed by atoms with Gasteiger partial charge in [-0.2, -0.15) is 0 Å². The molecule has 0 aromatic heterocycles. The first kappa shape index (κ1) is 15.1. The summed E-state index contributed by atoms with van der Waals surface area (Å²) in [4.78, 5) is 2.22. The van der Waals surface area contributed by atoms with Crippen LogP contribution in [0.2, 0.25) is 0 Å². The van der Waals surface area contributed by atoms with Gasteiger partial charge in [0.05, 0.1) is 12.7 Å². The van der Waals surface area contributed by atoms with E-state index in [1.807, 2.05) is 36.4 Å². The highest BCUT2D eigenvalue weighted by Gasteiger charge is 2.09. The number of rotatable bonds is 6. The van der Waals surface area contributed by atoms with Gasteiger partial charge in [-0.1, -0.05) is 36.4 Å². The van der Waals surface area contributed by atoms with Gasteiger partial charge in [0.25, 0.3) is 0 Å². The van der Waals surface area contributed by atoms with Crippen LogP contribution in [-0.4, -0.2) is 24.9 Å². The second kappa shape index (κ2) is 6.90. The summed E-state index contributed by atoms with van der Waals surface area (Å²) >= 11 is 0. The SMILES string of the molecule is COc1ccc(CN(C)Cc2ccccc2)cc1C(=N)N. The monoisotopic (exact) mass is 283 g/mol. The Bertz CT molecular complexity index is 611. The van der Waals surface area contributed by atoms with Crippen LogP contribution in [0.5, 0.6) is 5.75 Å².